The first-order chi connectivity index (χ1) is 8.70. The van der Waals surface area contributed by atoms with E-state index in [2.05, 4.69) is 29.3 Å². The summed E-state index contributed by atoms with van der Waals surface area (Å²) in [6.45, 7) is 2.72. The molecule has 1 heterocycles. The monoisotopic (exact) mass is 243 g/mol. The molecule has 0 aliphatic heterocycles. The minimum absolute atomic E-state index is 0.109. The molecule has 1 N–H and O–H groups in total. The Morgan fingerprint density at radius 1 is 1.17 bits per heavy atom. The van der Waals surface area contributed by atoms with E-state index in [9.17, 15) is 0 Å². The van der Waals surface area contributed by atoms with Crippen LogP contribution in [-0.4, -0.2) is 35.5 Å². The van der Waals surface area contributed by atoms with Crippen LogP contribution in [0.5, 0.6) is 0 Å². The van der Waals surface area contributed by atoms with Gasteiger partial charge in [0.05, 0.1) is 12.3 Å². The van der Waals surface area contributed by atoms with Gasteiger partial charge in [-0.1, -0.05) is 23.8 Å². The molecule has 2 rings (SSSR count). The summed E-state index contributed by atoms with van der Waals surface area (Å²) in [7, 11) is 1.88. The van der Waals surface area contributed by atoms with Crippen LogP contribution >= 0.6 is 0 Å². The molecule has 0 saturated carbocycles. The van der Waals surface area contributed by atoms with Gasteiger partial charge in [0.1, 0.15) is 0 Å². The fraction of sp³-hybridized carbons (Fsp3) is 0.286. The van der Waals surface area contributed by atoms with Crippen LogP contribution in [0.2, 0.25) is 0 Å². The van der Waals surface area contributed by atoms with E-state index in [1.807, 2.05) is 36.2 Å². The van der Waals surface area contributed by atoms with E-state index in [1.165, 1.54) is 5.56 Å². The number of aliphatic hydroxyl groups is 1. The highest BCUT2D eigenvalue weighted by Crippen LogP contribution is 2.18. The van der Waals surface area contributed by atoms with E-state index in [4.69, 9.17) is 5.11 Å². The molecular weight excluding hydrogens is 226 g/mol. The van der Waals surface area contributed by atoms with Crippen LogP contribution in [0.15, 0.2) is 36.4 Å². The number of rotatable bonds is 4. The second-order valence-corrected chi connectivity index (χ2v) is 4.29. The summed E-state index contributed by atoms with van der Waals surface area (Å²) < 4.78 is 0. The summed E-state index contributed by atoms with van der Waals surface area (Å²) in [6.07, 6.45) is 0. The average Bonchev–Trinajstić information content (AvgIpc) is 2.39. The van der Waals surface area contributed by atoms with Gasteiger partial charge >= 0.3 is 0 Å². The molecule has 0 spiro atoms. The van der Waals surface area contributed by atoms with Gasteiger partial charge in [0, 0.05) is 19.2 Å². The summed E-state index contributed by atoms with van der Waals surface area (Å²) in [5.74, 6) is 0.764. The lowest BCUT2D eigenvalue weighted by molar-refractivity contribution is 0.303. The standard InChI is InChI=1S/C14H17N3O/c1-11-4-3-5-12(10-11)13-6-7-14(16-15-13)17(2)8-9-18/h3-7,10,18H,8-9H2,1-2H3. The summed E-state index contributed by atoms with van der Waals surface area (Å²) in [6, 6.07) is 12.0. The maximum Gasteiger partial charge on any atom is 0.151 e. The first-order valence-electron chi connectivity index (χ1n) is 5.93. The van der Waals surface area contributed by atoms with Gasteiger partial charge in [-0.3, -0.25) is 0 Å². The number of aliphatic hydroxyl groups excluding tert-OH is 1. The number of likely N-dealkylation sites (N-methyl/N-ethyl adjacent to an activating group) is 1. The van der Waals surface area contributed by atoms with Gasteiger partial charge in [0.2, 0.25) is 0 Å². The lowest BCUT2D eigenvalue weighted by Gasteiger charge is -2.15. The fourth-order valence-corrected chi connectivity index (χ4v) is 1.75. The van der Waals surface area contributed by atoms with Gasteiger partial charge in [-0.2, -0.15) is 0 Å². The molecule has 0 amide bonds. The molecule has 18 heavy (non-hydrogen) atoms. The quantitative estimate of drug-likeness (QED) is 0.890. The Balaban J connectivity index is 2.22. The van der Waals surface area contributed by atoms with E-state index in [0.29, 0.717) is 6.54 Å². The van der Waals surface area contributed by atoms with E-state index in [0.717, 1.165) is 17.1 Å². The molecule has 0 aliphatic rings. The molecule has 0 bridgehead atoms. The third kappa shape index (κ3) is 2.84. The highest BCUT2D eigenvalue weighted by atomic mass is 16.3. The second-order valence-electron chi connectivity index (χ2n) is 4.29. The zero-order valence-electron chi connectivity index (χ0n) is 10.7. The van der Waals surface area contributed by atoms with Crippen molar-refractivity contribution in [3.8, 4) is 11.3 Å². The van der Waals surface area contributed by atoms with Crippen LogP contribution in [-0.2, 0) is 0 Å². The van der Waals surface area contributed by atoms with Crippen molar-refractivity contribution in [1.82, 2.24) is 10.2 Å². The minimum Gasteiger partial charge on any atom is -0.395 e. The van der Waals surface area contributed by atoms with Crippen molar-refractivity contribution in [2.75, 3.05) is 25.1 Å². The Labute approximate surface area is 107 Å². The van der Waals surface area contributed by atoms with Crippen LogP contribution in [0, 0.1) is 6.92 Å². The van der Waals surface area contributed by atoms with Crippen LogP contribution in [0.3, 0.4) is 0 Å². The first-order valence-corrected chi connectivity index (χ1v) is 5.93. The van der Waals surface area contributed by atoms with Gasteiger partial charge in [-0.25, -0.2) is 0 Å². The van der Waals surface area contributed by atoms with E-state index in [-0.39, 0.29) is 6.61 Å². The lowest BCUT2D eigenvalue weighted by Crippen LogP contribution is -2.22. The molecule has 0 atom stereocenters. The van der Waals surface area contributed by atoms with E-state index < -0.39 is 0 Å². The number of hydrogen-bond acceptors (Lipinski definition) is 4. The number of aryl methyl sites for hydroxylation is 1. The van der Waals surface area contributed by atoms with Gasteiger partial charge in [0.25, 0.3) is 0 Å². The van der Waals surface area contributed by atoms with Crippen molar-refractivity contribution < 1.29 is 5.11 Å². The molecule has 0 saturated heterocycles. The van der Waals surface area contributed by atoms with Crippen LogP contribution < -0.4 is 4.90 Å². The molecule has 4 nitrogen and oxygen atoms in total. The fourth-order valence-electron chi connectivity index (χ4n) is 1.75. The molecule has 0 fully saturated rings. The van der Waals surface area contributed by atoms with Gasteiger partial charge in [0.15, 0.2) is 5.82 Å². The van der Waals surface area contributed by atoms with Gasteiger partial charge in [-0.05, 0) is 25.1 Å². The molecule has 4 heteroatoms. The molecule has 0 aliphatic carbocycles. The molecule has 94 valence electrons. The van der Waals surface area contributed by atoms with Crippen molar-refractivity contribution in [2.45, 2.75) is 6.92 Å². The topological polar surface area (TPSA) is 49.2 Å². The predicted octanol–water partition coefficient (Wildman–Crippen LogP) is 1.88. The normalized spacial score (nSPS) is 10.4. The number of aromatic nitrogens is 2. The van der Waals surface area contributed by atoms with Crippen LogP contribution in [0.4, 0.5) is 5.82 Å². The molecule has 2 aromatic rings. The third-order valence-electron chi connectivity index (χ3n) is 2.79. The second kappa shape index (κ2) is 5.60. The van der Waals surface area contributed by atoms with Crippen LogP contribution in [0.1, 0.15) is 5.56 Å². The number of hydrogen-bond donors (Lipinski definition) is 1. The Kier molecular flexibility index (Phi) is 3.89. The Morgan fingerprint density at radius 3 is 2.61 bits per heavy atom. The van der Waals surface area contributed by atoms with E-state index in [1.54, 1.807) is 0 Å². The Bertz CT molecular complexity index is 511. The molecule has 1 aromatic heterocycles. The smallest absolute Gasteiger partial charge is 0.151 e. The summed E-state index contributed by atoms with van der Waals surface area (Å²) >= 11 is 0. The summed E-state index contributed by atoms with van der Waals surface area (Å²) in [4.78, 5) is 1.87. The average molecular weight is 243 g/mol. The largest absolute Gasteiger partial charge is 0.395 e. The van der Waals surface area contributed by atoms with Crippen molar-refractivity contribution >= 4 is 5.82 Å². The molecular formula is C14H17N3O. The van der Waals surface area contributed by atoms with Crippen molar-refractivity contribution in [2.24, 2.45) is 0 Å². The van der Waals surface area contributed by atoms with Crippen molar-refractivity contribution in [3.63, 3.8) is 0 Å². The number of anilines is 1. The maximum atomic E-state index is 8.87. The summed E-state index contributed by atoms with van der Waals surface area (Å²) in [5, 5.41) is 17.3. The number of nitrogens with zero attached hydrogens (tertiary/aromatic N) is 3. The lowest BCUT2D eigenvalue weighted by atomic mass is 10.1. The highest BCUT2D eigenvalue weighted by molar-refractivity contribution is 5.60. The van der Waals surface area contributed by atoms with Gasteiger partial charge < -0.3 is 10.0 Å². The predicted molar refractivity (Wildman–Crippen MR) is 72.6 cm³/mol. The van der Waals surface area contributed by atoms with Crippen molar-refractivity contribution in [1.29, 1.82) is 0 Å². The SMILES string of the molecule is Cc1cccc(-c2ccc(N(C)CCO)nn2)c1. The highest BCUT2D eigenvalue weighted by Gasteiger charge is 2.04. The molecule has 0 radical (unpaired) electrons. The van der Waals surface area contributed by atoms with Crippen LogP contribution in [0.25, 0.3) is 11.3 Å². The first kappa shape index (κ1) is 12.5. The molecule has 1 aromatic carbocycles. The Hall–Kier alpha value is -1.94. The van der Waals surface area contributed by atoms with E-state index >= 15 is 0 Å². The zero-order chi connectivity index (χ0) is 13.0. The summed E-state index contributed by atoms with van der Waals surface area (Å²) in [5.41, 5.74) is 3.13. The molecule has 0 unspecified atom stereocenters. The number of benzene rings is 1. The zero-order valence-corrected chi connectivity index (χ0v) is 10.7. The Morgan fingerprint density at radius 2 is 2.00 bits per heavy atom. The van der Waals surface area contributed by atoms with Crippen molar-refractivity contribution in [3.05, 3.63) is 42.0 Å². The third-order valence-corrected chi connectivity index (χ3v) is 2.79. The van der Waals surface area contributed by atoms with Gasteiger partial charge in [-0.15, -0.1) is 10.2 Å². The minimum atomic E-state index is 0.109. The maximum absolute atomic E-state index is 8.87.